The molecule has 1 aliphatic rings. The molecule has 0 aromatic heterocycles. The first-order valence-corrected chi connectivity index (χ1v) is 9.78. The van der Waals surface area contributed by atoms with Crippen LogP contribution in [-0.2, 0) is 14.9 Å². The normalized spacial score (nSPS) is 17.2. The van der Waals surface area contributed by atoms with Gasteiger partial charge in [0.2, 0.25) is 5.91 Å². The maximum Gasteiger partial charge on any atom is 0.230 e. The van der Waals surface area contributed by atoms with Crippen LogP contribution < -0.4 is 5.32 Å². The number of ether oxygens (including phenoxy) is 1. The van der Waals surface area contributed by atoms with Gasteiger partial charge in [-0.2, -0.15) is 0 Å². The summed E-state index contributed by atoms with van der Waals surface area (Å²) in [5.41, 5.74) is 1.24. The monoisotopic (exact) mass is 375 g/mol. The largest absolute Gasteiger partial charge is 0.387 e. The molecule has 1 heterocycles. The summed E-state index contributed by atoms with van der Waals surface area (Å²) in [5, 5.41) is 15.9. The van der Waals surface area contributed by atoms with Gasteiger partial charge >= 0.3 is 0 Å². The van der Waals surface area contributed by atoms with E-state index < -0.39 is 11.5 Å². The van der Waals surface area contributed by atoms with Crippen molar-refractivity contribution in [3.8, 4) is 0 Å². The Balaban J connectivity index is 1.53. The molecule has 2 N–H and O–H groups in total. The molecule has 0 unspecified atom stereocenters. The molecule has 0 radical (unpaired) electrons. The Bertz CT molecular complexity index is 943. The van der Waals surface area contributed by atoms with Gasteiger partial charge in [-0.15, -0.1) is 0 Å². The Morgan fingerprint density at radius 1 is 0.964 bits per heavy atom. The van der Waals surface area contributed by atoms with E-state index in [2.05, 4.69) is 5.32 Å². The number of amides is 1. The summed E-state index contributed by atoms with van der Waals surface area (Å²) in [5.74, 6) is -0.0405. The van der Waals surface area contributed by atoms with Crippen LogP contribution in [0.2, 0.25) is 0 Å². The van der Waals surface area contributed by atoms with E-state index in [1.807, 2.05) is 72.8 Å². The van der Waals surface area contributed by atoms with Gasteiger partial charge in [-0.1, -0.05) is 72.8 Å². The van der Waals surface area contributed by atoms with Gasteiger partial charge in [-0.3, -0.25) is 4.79 Å². The summed E-state index contributed by atoms with van der Waals surface area (Å²) in [6.45, 7) is 1.31. The fraction of sp³-hybridized carbons (Fsp3) is 0.292. The SMILES string of the molecule is O=C(NC[C@@H](O)c1cccc2ccccc12)C1(c2ccccc2)CCOCC1. The van der Waals surface area contributed by atoms with E-state index in [1.54, 1.807) is 0 Å². The van der Waals surface area contributed by atoms with E-state index in [4.69, 9.17) is 4.74 Å². The van der Waals surface area contributed by atoms with Crippen molar-refractivity contribution in [3.63, 3.8) is 0 Å². The highest BCUT2D eigenvalue weighted by atomic mass is 16.5. The molecular formula is C24H25NO3. The van der Waals surface area contributed by atoms with Gasteiger partial charge in [0.15, 0.2) is 0 Å². The van der Waals surface area contributed by atoms with Crippen molar-refractivity contribution < 1.29 is 14.6 Å². The van der Waals surface area contributed by atoms with Crippen LogP contribution in [0, 0.1) is 0 Å². The molecular weight excluding hydrogens is 350 g/mol. The number of carbonyl (C=O) groups is 1. The summed E-state index contributed by atoms with van der Waals surface area (Å²) < 4.78 is 5.51. The molecule has 1 aliphatic heterocycles. The number of carbonyl (C=O) groups excluding carboxylic acids is 1. The minimum absolute atomic E-state index is 0.0405. The molecule has 1 fully saturated rings. The van der Waals surface area contributed by atoms with Crippen molar-refractivity contribution in [2.45, 2.75) is 24.4 Å². The standard InChI is InChI=1S/C24H25NO3/c26-22(21-12-6-8-18-7-4-5-11-20(18)21)17-25-23(27)24(13-15-28-16-14-24)19-9-2-1-3-10-19/h1-12,22,26H,13-17H2,(H,25,27)/t22-/m1/s1. The fourth-order valence-electron chi connectivity index (χ4n) is 4.13. The summed E-state index contributed by atoms with van der Waals surface area (Å²) in [4.78, 5) is 13.2. The van der Waals surface area contributed by atoms with Crippen LogP contribution in [0.3, 0.4) is 0 Å². The zero-order valence-corrected chi connectivity index (χ0v) is 15.8. The molecule has 0 saturated carbocycles. The third-order valence-electron chi connectivity index (χ3n) is 5.75. The fourth-order valence-corrected chi connectivity index (χ4v) is 4.13. The lowest BCUT2D eigenvalue weighted by Crippen LogP contribution is -2.48. The van der Waals surface area contributed by atoms with Crippen molar-refractivity contribution >= 4 is 16.7 Å². The third kappa shape index (κ3) is 3.53. The number of benzene rings is 3. The Kier molecular flexibility index (Phi) is 5.42. The van der Waals surface area contributed by atoms with Crippen LogP contribution in [0.15, 0.2) is 72.8 Å². The summed E-state index contributed by atoms with van der Waals surface area (Å²) in [7, 11) is 0. The Hall–Kier alpha value is -2.69. The van der Waals surface area contributed by atoms with E-state index >= 15 is 0 Å². The molecule has 1 atom stereocenters. The lowest BCUT2D eigenvalue weighted by atomic mass is 9.73. The Morgan fingerprint density at radius 2 is 1.64 bits per heavy atom. The van der Waals surface area contributed by atoms with Crippen molar-refractivity contribution in [2.75, 3.05) is 19.8 Å². The molecule has 0 bridgehead atoms. The van der Waals surface area contributed by atoms with E-state index in [9.17, 15) is 9.90 Å². The highest BCUT2D eigenvalue weighted by molar-refractivity contribution is 5.89. The molecule has 1 saturated heterocycles. The second-order valence-corrected chi connectivity index (χ2v) is 7.35. The molecule has 4 nitrogen and oxygen atoms in total. The first kappa shape index (κ1) is 18.7. The van der Waals surface area contributed by atoms with Gasteiger partial charge < -0.3 is 15.2 Å². The van der Waals surface area contributed by atoms with Gasteiger partial charge in [-0.25, -0.2) is 0 Å². The predicted molar refractivity (Wildman–Crippen MR) is 110 cm³/mol. The van der Waals surface area contributed by atoms with Crippen LogP contribution in [-0.4, -0.2) is 30.8 Å². The van der Waals surface area contributed by atoms with Crippen molar-refractivity contribution in [1.29, 1.82) is 0 Å². The van der Waals surface area contributed by atoms with Gasteiger partial charge in [0, 0.05) is 19.8 Å². The molecule has 4 heteroatoms. The zero-order chi connectivity index (χ0) is 19.4. The zero-order valence-electron chi connectivity index (χ0n) is 15.8. The quantitative estimate of drug-likeness (QED) is 0.714. The molecule has 1 amide bonds. The first-order chi connectivity index (χ1) is 13.7. The second-order valence-electron chi connectivity index (χ2n) is 7.35. The lowest BCUT2D eigenvalue weighted by molar-refractivity contribution is -0.131. The number of hydrogen-bond acceptors (Lipinski definition) is 3. The molecule has 0 spiro atoms. The van der Waals surface area contributed by atoms with Crippen LogP contribution in [0.25, 0.3) is 10.8 Å². The van der Waals surface area contributed by atoms with E-state index in [1.165, 1.54) is 0 Å². The number of aliphatic hydroxyl groups is 1. The maximum absolute atomic E-state index is 13.2. The predicted octanol–water partition coefficient (Wildman–Crippen LogP) is 3.74. The summed E-state index contributed by atoms with van der Waals surface area (Å²) in [6.07, 6.45) is 0.531. The summed E-state index contributed by atoms with van der Waals surface area (Å²) in [6, 6.07) is 23.7. The van der Waals surface area contributed by atoms with Gasteiger partial charge in [0.05, 0.1) is 11.5 Å². The highest BCUT2D eigenvalue weighted by Crippen LogP contribution is 2.35. The van der Waals surface area contributed by atoms with E-state index in [-0.39, 0.29) is 12.5 Å². The van der Waals surface area contributed by atoms with Crippen molar-refractivity contribution in [3.05, 3.63) is 83.9 Å². The molecule has 4 rings (SSSR count). The van der Waals surface area contributed by atoms with E-state index in [0.717, 1.165) is 21.9 Å². The van der Waals surface area contributed by atoms with Gasteiger partial charge in [-0.05, 0) is 34.7 Å². The van der Waals surface area contributed by atoms with Crippen LogP contribution in [0.1, 0.15) is 30.1 Å². The average molecular weight is 375 g/mol. The lowest BCUT2D eigenvalue weighted by Gasteiger charge is -2.36. The highest BCUT2D eigenvalue weighted by Gasteiger charge is 2.41. The number of aliphatic hydroxyl groups excluding tert-OH is 1. The van der Waals surface area contributed by atoms with Crippen molar-refractivity contribution in [2.24, 2.45) is 0 Å². The second kappa shape index (κ2) is 8.13. The number of hydrogen-bond donors (Lipinski definition) is 2. The van der Waals surface area contributed by atoms with Gasteiger partial charge in [0.1, 0.15) is 0 Å². The molecule has 144 valence electrons. The topological polar surface area (TPSA) is 58.6 Å². The van der Waals surface area contributed by atoms with Crippen LogP contribution >= 0.6 is 0 Å². The number of rotatable bonds is 5. The van der Waals surface area contributed by atoms with Gasteiger partial charge in [0.25, 0.3) is 0 Å². The Labute approximate surface area is 165 Å². The number of nitrogens with one attached hydrogen (secondary N) is 1. The average Bonchev–Trinajstić information content (AvgIpc) is 2.78. The first-order valence-electron chi connectivity index (χ1n) is 9.78. The molecule has 3 aromatic rings. The Morgan fingerprint density at radius 3 is 2.43 bits per heavy atom. The minimum atomic E-state index is -0.761. The minimum Gasteiger partial charge on any atom is -0.387 e. The third-order valence-corrected chi connectivity index (χ3v) is 5.75. The van der Waals surface area contributed by atoms with Crippen LogP contribution in [0.4, 0.5) is 0 Å². The summed E-state index contributed by atoms with van der Waals surface area (Å²) >= 11 is 0. The maximum atomic E-state index is 13.2. The van der Waals surface area contributed by atoms with E-state index in [0.29, 0.717) is 26.1 Å². The molecule has 3 aromatic carbocycles. The van der Waals surface area contributed by atoms with Crippen molar-refractivity contribution in [1.82, 2.24) is 5.32 Å². The number of fused-ring (bicyclic) bond motifs is 1. The van der Waals surface area contributed by atoms with Crippen LogP contribution in [0.5, 0.6) is 0 Å². The molecule has 0 aliphatic carbocycles. The smallest absolute Gasteiger partial charge is 0.230 e. The molecule has 28 heavy (non-hydrogen) atoms.